The molecule has 25 heavy (non-hydrogen) atoms. The van der Waals surface area contributed by atoms with Gasteiger partial charge in [0, 0.05) is 17.9 Å². The average molecular weight is 355 g/mol. The van der Waals surface area contributed by atoms with Gasteiger partial charge in [0.25, 0.3) is 0 Å². The summed E-state index contributed by atoms with van der Waals surface area (Å²) < 4.78 is 5.32. The van der Waals surface area contributed by atoms with Crippen molar-refractivity contribution >= 4 is 11.6 Å². The molecule has 0 amide bonds. The predicted octanol–water partition coefficient (Wildman–Crippen LogP) is 4.26. The van der Waals surface area contributed by atoms with Crippen molar-refractivity contribution in [2.45, 2.75) is 37.8 Å². The van der Waals surface area contributed by atoms with Gasteiger partial charge in [-0.3, -0.25) is 9.97 Å². The Balaban J connectivity index is 1.52. The average Bonchev–Trinajstić information content (AvgIpc) is 3.15. The Morgan fingerprint density at radius 2 is 2.00 bits per heavy atom. The van der Waals surface area contributed by atoms with E-state index < -0.39 is 0 Å². The van der Waals surface area contributed by atoms with E-state index in [2.05, 4.69) is 21.4 Å². The van der Waals surface area contributed by atoms with Crippen molar-refractivity contribution in [1.29, 1.82) is 0 Å². The lowest BCUT2D eigenvalue weighted by molar-refractivity contribution is 0.321. The van der Waals surface area contributed by atoms with Crippen LogP contribution in [0.25, 0.3) is 0 Å². The summed E-state index contributed by atoms with van der Waals surface area (Å²) >= 11 is 6.32. The molecular weight excluding hydrogens is 336 g/mol. The van der Waals surface area contributed by atoms with Gasteiger partial charge in [-0.2, -0.15) is 0 Å². The van der Waals surface area contributed by atoms with Gasteiger partial charge in [-0.15, -0.1) is 0 Å². The number of nitrogens with zero attached hydrogens (tertiary/aromatic N) is 3. The first kappa shape index (κ1) is 16.2. The first-order valence-corrected chi connectivity index (χ1v) is 8.88. The fourth-order valence-electron chi connectivity index (χ4n) is 3.32. The molecule has 1 N–H and O–H groups in total. The summed E-state index contributed by atoms with van der Waals surface area (Å²) in [5.74, 6) is 0.680. The van der Waals surface area contributed by atoms with E-state index >= 15 is 0 Å². The number of nitrogens with one attached hydrogen (secondary N) is 1. The van der Waals surface area contributed by atoms with Gasteiger partial charge in [-0.25, -0.2) is 4.98 Å². The molecule has 0 aromatic carbocycles. The lowest BCUT2D eigenvalue weighted by Gasteiger charge is -2.31. The molecule has 6 heteroatoms. The smallest absolute Gasteiger partial charge is 0.199 e. The minimum atomic E-state index is 0.157. The number of hydrogen-bond acceptors (Lipinski definition) is 5. The Morgan fingerprint density at radius 3 is 2.84 bits per heavy atom. The minimum Gasteiger partial charge on any atom is -0.449 e. The van der Waals surface area contributed by atoms with Crippen molar-refractivity contribution in [3.63, 3.8) is 0 Å². The summed E-state index contributed by atoms with van der Waals surface area (Å²) in [6.45, 7) is 0. The maximum atomic E-state index is 6.32. The molecule has 0 unspecified atom stereocenters. The maximum absolute atomic E-state index is 6.32. The summed E-state index contributed by atoms with van der Waals surface area (Å²) in [4.78, 5) is 13.4. The molecule has 1 aliphatic heterocycles. The second kappa shape index (κ2) is 7.33. The van der Waals surface area contributed by atoms with E-state index in [-0.39, 0.29) is 12.1 Å². The predicted molar refractivity (Wildman–Crippen MR) is 95.3 cm³/mol. The SMILES string of the molecule is Clc1cccnc1[C@@H]1CCC[C@H](c2cccc(Cc3ncco3)n2)N1. The number of rotatable bonds is 4. The van der Waals surface area contributed by atoms with Gasteiger partial charge in [0.2, 0.25) is 0 Å². The second-order valence-electron chi connectivity index (χ2n) is 6.23. The van der Waals surface area contributed by atoms with E-state index in [1.165, 1.54) is 0 Å². The number of halogens is 1. The fourth-order valence-corrected chi connectivity index (χ4v) is 3.58. The molecule has 3 aromatic rings. The molecule has 4 rings (SSSR count). The van der Waals surface area contributed by atoms with Crippen LogP contribution in [0.1, 0.15) is 54.3 Å². The summed E-state index contributed by atoms with van der Waals surface area (Å²) in [7, 11) is 0. The van der Waals surface area contributed by atoms with Crippen LogP contribution in [0.2, 0.25) is 5.02 Å². The van der Waals surface area contributed by atoms with E-state index in [0.29, 0.717) is 17.3 Å². The Bertz CT molecular complexity index is 837. The molecule has 0 aliphatic carbocycles. The number of aromatic nitrogens is 3. The molecule has 1 aliphatic rings. The van der Waals surface area contributed by atoms with Gasteiger partial charge in [0.15, 0.2) is 5.89 Å². The third-order valence-corrected chi connectivity index (χ3v) is 4.83. The van der Waals surface area contributed by atoms with Crippen LogP contribution in [0.5, 0.6) is 0 Å². The van der Waals surface area contributed by atoms with Gasteiger partial charge in [0.1, 0.15) is 6.26 Å². The van der Waals surface area contributed by atoms with E-state index in [4.69, 9.17) is 21.0 Å². The lowest BCUT2D eigenvalue weighted by Crippen LogP contribution is -2.32. The summed E-state index contributed by atoms with van der Waals surface area (Å²) in [5.41, 5.74) is 2.92. The van der Waals surface area contributed by atoms with Crippen LogP contribution < -0.4 is 5.32 Å². The standard InChI is InChI=1S/C19H19ClN4O/c20-14-5-3-9-22-19(14)17-8-2-7-16(24-17)15-6-1-4-13(23-15)12-18-21-10-11-25-18/h1,3-6,9-11,16-17,24H,2,7-8,12H2/t16-,17+/m1/s1. The Morgan fingerprint density at radius 1 is 1.08 bits per heavy atom. The summed E-state index contributed by atoms with van der Waals surface area (Å²) in [5, 5.41) is 4.38. The molecule has 5 nitrogen and oxygen atoms in total. The Labute approximate surface area is 151 Å². The van der Waals surface area contributed by atoms with Crippen LogP contribution in [0.4, 0.5) is 0 Å². The van der Waals surface area contributed by atoms with Crippen LogP contribution in [-0.2, 0) is 6.42 Å². The number of hydrogen-bond donors (Lipinski definition) is 1. The molecule has 2 atom stereocenters. The highest BCUT2D eigenvalue weighted by atomic mass is 35.5. The van der Waals surface area contributed by atoms with Crippen LogP contribution in [0, 0.1) is 0 Å². The van der Waals surface area contributed by atoms with Gasteiger partial charge < -0.3 is 9.73 Å². The highest BCUT2D eigenvalue weighted by Crippen LogP contribution is 2.33. The molecule has 0 radical (unpaired) electrons. The molecular formula is C19H19ClN4O. The number of pyridine rings is 2. The molecule has 1 fully saturated rings. The third kappa shape index (κ3) is 3.72. The second-order valence-corrected chi connectivity index (χ2v) is 6.64. The van der Waals surface area contributed by atoms with Crippen molar-refractivity contribution in [2.24, 2.45) is 0 Å². The van der Waals surface area contributed by atoms with Gasteiger partial charge in [-0.1, -0.05) is 17.7 Å². The van der Waals surface area contributed by atoms with Crippen LogP contribution in [0.15, 0.2) is 53.4 Å². The molecule has 0 saturated carbocycles. The Hall–Kier alpha value is -2.24. The van der Waals surface area contributed by atoms with Gasteiger partial charge in [-0.05, 0) is 43.5 Å². The topological polar surface area (TPSA) is 63.8 Å². The van der Waals surface area contributed by atoms with Crippen LogP contribution in [-0.4, -0.2) is 15.0 Å². The quantitative estimate of drug-likeness (QED) is 0.758. The normalized spacial score (nSPS) is 20.5. The van der Waals surface area contributed by atoms with Crippen molar-refractivity contribution in [3.05, 3.63) is 77.0 Å². The highest BCUT2D eigenvalue weighted by molar-refractivity contribution is 6.31. The van der Waals surface area contributed by atoms with Crippen molar-refractivity contribution < 1.29 is 4.42 Å². The molecule has 1 saturated heterocycles. The lowest BCUT2D eigenvalue weighted by atomic mass is 9.94. The molecule has 128 valence electrons. The number of oxazole rings is 1. The van der Waals surface area contributed by atoms with Crippen LogP contribution in [0.3, 0.4) is 0 Å². The Kier molecular flexibility index (Phi) is 4.76. The van der Waals surface area contributed by atoms with E-state index in [1.807, 2.05) is 24.3 Å². The van der Waals surface area contributed by atoms with E-state index in [9.17, 15) is 0 Å². The highest BCUT2D eigenvalue weighted by Gasteiger charge is 2.26. The maximum Gasteiger partial charge on any atom is 0.199 e. The zero-order valence-corrected chi connectivity index (χ0v) is 14.5. The van der Waals surface area contributed by atoms with Crippen molar-refractivity contribution in [2.75, 3.05) is 0 Å². The molecule has 3 aromatic heterocycles. The number of piperidine rings is 1. The zero-order valence-electron chi connectivity index (χ0n) is 13.7. The van der Waals surface area contributed by atoms with E-state index in [1.54, 1.807) is 18.7 Å². The first-order valence-electron chi connectivity index (χ1n) is 8.50. The molecule has 0 bridgehead atoms. The fraction of sp³-hybridized carbons (Fsp3) is 0.316. The van der Waals surface area contributed by atoms with Gasteiger partial charge in [0.05, 0.1) is 35.1 Å². The van der Waals surface area contributed by atoms with Gasteiger partial charge >= 0.3 is 0 Å². The minimum absolute atomic E-state index is 0.157. The molecule has 4 heterocycles. The van der Waals surface area contributed by atoms with Crippen molar-refractivity contribution in [1.82, 2.24) is 20.3 Å². The first-order chi connectivity index (χ1) is 12.3. The zero-order chi connectivity index (χ0) is 17.1. The molecule has 0 spiro atoms. The van der Waals surface area contributed by atoms with Crippen molar-refractivity contribution in [3.8, 4) is 0 Å². The monoisotopic (exact) mass is 354 g/mol. The summed E-state index contributed by atoms with van der Waals surface area (Å²) in [6.07, 6.45) is 8.83. The van der Waals surface area contributed by atoms with Crippen LogP contribution >= 0.6 is 11.6 Å². The van der Waals surface area contributed by atoms with E-state index in [0.717, 1.165) is 36.3 Å². The third-order valence-electron chi connectivity index (χ3n) is 4.51. The largest absolute Gasteiger partial charge is 0.449 e. The summed E-state index contributed by atoms with van der Waals surface area (Å²) in [6, 6.07) is 10.2.